The Kier molecular flexibility index (Phi) is 6.28. The van der Waals surface area contributed by atoms with Gasteiger partial charge in [0.15, 0.2) is 5.96 Å². The van der Waals surface area contributed by atoms with Gasteiger partial charge in [-0.25, -0.2) is 4.99 Å². The van der Waals surface area contributed by atoms with Crippen molar-refractivity contribution in [3.8, 4) is 0 Å². The first-order chi connectivity index (χ1) is 12.7. The Bertz CT molecular complexity index is 739. The monoisotopic (exact) mass is 355 g/mol. The minimum absolute atomic E-state index is 0.526. The number of hydrogen-bond acceptors (Lipinski definition) is 3. The molecule has 0 spiro atoms. The van der Waals surface area contributed by atoms with Crippen molar-refractivity contribution in [3.63, 3.8) is 0 Å². The maximum absolute atomic E-state index is 5.22. The summed E-state index contributed by atoms with van der Waals surface area (Å²) in [7, 11) is 3.69. The van der Waals surface area contributed by atoms with Crippen LogP contribution in [-0.4, -0.2) is 47.4 Å². The van der Waals surface area contributed by atoms with E-state index in [1.165, 1.54) is 16.7 Å². The van der Waals surface area contributed by atoms with Crippen LogP contribution in [0.4, 0.5) is 0 Å². The van der Waals surface area contributed by atoms with Crippen LogP contribution >= 0.6 is 0 Å². The Labute approximate surface area is 155 Å². The van der Waals surface area contributed by atoms with Gasteiger partial charge in [0, 0.05) is 45.9 Å². The zero-order valence-corrected chi connectivity index (χ0v) is 16.0. The third-order valence-corrected chi connectivity index (χ3v) is 4.73. The molecule has 1 aromatic carbocycles. The topological polar surface area (TPSA) is 54.7 Å². The summed E-state index contributed by atoms with van der Waals surface area (Å²) in [6.45, 7) is 6.31. The molecule has 1 saturated heterocycles. The zero-order valence-electron chi connectivity index (χ0n) is 16.0. The maximum atomic E-state index is 5.22. The fraction of sp³-hybridized carbons (Fsp3) is 0.500. The second-order valence-electron chi connectivity index (χ2n) is 6.80. The van der Waals surface area contributed by atoms with Gasteiger partial charge in [0.05, 0.1) is 19.3 Å². The number of hydrogen-bond donors (Lipinski definition) is 1. The van der Waals surface area contributed by atoms with Crippen LogP contribution in [-0.2, 0) is 24.9 Å². The van der Waals surface area contributed by atoms with E-state index in [1.54, 1.807) is 7.11 Å². The van der Waals surface area contributed by atoms with E-state index in [4.69, 9.17) is 9.73 Å². The molecule has 6 heteroatoms. The molecule has 0 bridgehead atoms. The molecular weight excluding hydrogens is 326 g/mol. The number of rotatable bonds is 6. The number of methoxy groups -OCH3 is 1. The highest BCUT2D eigenvalue weighted by Crippen LogP contribution is 2.26. The number of nitrogens with one attached hydrogen (secondary N) is 1. The average Bonchev–Trinajstić information content (AvgIpc) is 3.28. The number of aromatic nitrogens is 2. The Morgan fingerprint density at radius 3 is 2.96 bits per heavy atom. The highest BCUT2D eigenvalue weighted by atomic mass is 16.5. The lowest BCUT2D eigenvalue weighted by Gasteiger charge is -2.21. The van der Waals surface area contributed by atoms with Crippen LogP contribution < -0.4 is 5.32 Å². The third-order valence-electron chi connectivity index (χ3n) is 4.73. The quantitative estimate of drug-likeness (QED) is 0.639. The van der Waals surface area contributed by atoms with Crippen LogP contribution in [0.15, 0.2) is 41.7 Å². The first-order valence-electron chi connectivity index (χ1n) is 9.28. The lowest BCUT2D eigenvalue weighted by molar-refractivity contribution is 0.185. The summed E-state index contributed by atoms with van der Waals surface area (Å²) >= 11 is 0. The molecule has 1 unspecified atom stereocenters. The number of benzene rings is 1. The maximum Gasteiger partial charge on any atom is 0.194 e. The van der Waals surface area contributed by atoms with Crippen molar-refractivity contribution in [2.45, 2.75) is 32.4 Å². The number of aryl methyl sites for hydroxylation is 1. The van der Waals surface area contributed by atoms with E-state index in [9.17, 15) is 0 Å². The molecule has 2 aromatic rings. The van der Waals surface area contributed by atoms with Crippen LogP contribution in [0.3, 0.4) is 0 Å². The van der Waals surface area contributed by atoms with Gasteiger partial charge in [-0.15, -0.1) is 0 Å². The van der Waals surface area contributed by atoms with Gasteiger partial charge in [0.2, 0.25) is 0 Å². The smallest absolute Gasteiger partial charge is 0.194 e. The number of aliphatic imine (C=N–C) groups is 1. The lowest BCUT2D eigenvalue weighted by atomic mass is 10.0. The molecule has 1 aliphatic rings. The molecule has 1 aromatic heterocycles. The van der Waals surface area contributed by atoms with E-state index >= 15 is 0 Å². The molecule has 0 radical (unpaired) electrons. The molecule has 0 aliphatic carbocycles. The molecule has 1 N–H and O–H groups in total. The van der Waals surface area contributed by atoms with Crippen LogP contribution in [0.2, 0.25) is 0 Å². The molecule has 1 aliphatic heterocycles. The van der Waals surface area contributed by atoms with Crippen molar-refractivity contribution in [1.29, 1.82) is 0 Å². The van der Waals surface area contributed by atoms with E-state index in [-0.39, 0.29) is 0 Å². The molecule has 6 nitrogen and oxygen atoms in total. The highest BCUT2D eigenvalue weighted by molar-refractivity contribution is 5.80. The van der Waals surface area contributed by atoms with Crippen molar-refractivity contribution in [1.82, 2.24) is 20.0 Å². The predicted molar refractivity (Wildman–Crippen MR) is 104 cm³/mol. The first-order valence-corrected chi connectivity index (χ1v) is 9.28. The van der Waals surface area contributed by atoms with E-state index in [1.807, 2.05) is 17.9 Å². The summed E-state index contributed by atoms with van der Waals surface area (Å²) < 4.78 is 7.10. The molecular formula is C20H29N5O. The Morgan fingerprint density at radius 1 is 1.38 bits per heavy atom. The highest BCUT2D eigenvalue weighted by Gasteiger charge is 2.26. The van der Waals surface area contributed by atoms with Crippen LogP contribution in [0, 0.1) is 0 Å². The second-order valence-corrected chi connectivity index (χ2v) is 6.80. The van der Waals surface area contributed by atoms with Crippen molar-refractivity contribution in [3.05, 3.63) is 53.3 Å². The van der Waals surface area contributed by atoms with Gasteiger partial charge in [0.1, 0.15) is 0 Å². The molecule has 1 atom stereocenters. The number of nitrogens with zero attached hydrogens (tertiary/aromatic N) is 4. The van der Waals surface area contributed by atoms with Crippen molar-refractivity contribution in [2.24, 2.45) is 12.0 Å². The molecule has 26 heavy (non-hydrogen) atoms. The minimum Gasteiger partial charge on any atom is -0.380 e. The van der Waals surface area contributed by atoms with Gasteiger partial charge in [0.25, 0.3) is 0 Å². The fourth-order valence-corrected chi connectivity index (χ4v) is 3.45. The number of guanidine groups is 1. The van der Waals surface area contributed by atoms with Gasteiger partial charge in [-0.3, -0.25) is 4.68 Å². The largest absolute Gasteiger partial charge is 0.380 e. The molecule has 2 heterocycles. The van der Waals surface area contributed by atoms with Crippen LogP contribution in [0.25, 0.3) is 0 Å². The van der Waals surface area contributed by atoms with Crippen LogP contribution in [0.1, 0.15) is 36.0 Å². The lowest BCUT2D eigenvalue weighted by Crippen LogP contribution is -2.40. The van der Waals surface area contributed by atoms with Gasteiger partial charge in [-0.1, -0.05) is 24.3 Å². The summed E-state index contributed by atoms with van der Waals surface area (Å²) in [5, 5.41) is 7.75. The van der Waals surface area contributed by atoms with Crippen molar-refractivity contribution < 1.29 is 4.74 Å². The SMILES string of the molecule is CCNC(=NCc1cccc(COC)c1)N1CCC(c2cnn(C)c2)C1. The van der Waals surface area contributed by atoms with Crippen LogP contribution in [0.5, 0.6) is 0 Å². The van der Waals surface area contributed by atoms with E-state index in [0.717, 1.165) is 32.0 Å². The van der Waals surface area contributed by atoms with E-state index < -0.39 is 0 Å². The standard InChI is InChI=1S/C20H29N5O/c1-4-21-20(22-11-16-6-5-7-17(10-16)15-26-3)25-9-8-18(14-25)19-12-23-24(2)13-19/h5-7,10,12-13,18H,4,8-9,11,14-15H2,1-3H3,(H,21,22). The Hall–Kier alpha value is -2.34. The number of ether oxygens (including phenoxy) is 1. The van der Waals surface area contributed by atoms with E-state index in [0.29, 0.717) is 19.1 Å². The minimum atomic E-state index is 0.526. The Morgan fingerprint density at radius 2 is 2.23 bits per heavy atom. The zero-order chi connectivity index (χ0) is 18.4. The normalized spacial score (nSPS) is 17.7. The van der Waals surface area contributed by atoms with Gasteiger partial charge >= 0.3 is 0 Å². The van der Waals surface area contributed by atoms with E-state index in [2.05, 4.69) is 52.7 Å². The van der Waals surface area contributed by atoms with Crippen molar-refractivity contribution >= 4 is 5.96 Å². The molecule has 0 saturated carbocycles. The first kappa shape index (κ1) is 18.5. The summed E-state index contributed by atoms with van der Waals surface area (Å²) in [6.07, 6.45) is 5.25. The summed E-state index contributed by atoms with van der Waals surface area (Å²) in [5.74, 6) is 1.52. The predicted octanol–water partition coefficient (Wildman–Crippen LogP) is 2.52. The summed E-state index contributed by atoms with van der Waals surface area (Å²) in [4.78, 5) is 7.23. The average molecular weight is 355 g/mol. The summed E-state index contributed by atoms with van der Waals surface area (Å²) in [5.41, 5.74) is 3.71. The Balaban J connectivity index is 1.66. The van der Waals surface area contributed by atoms with Gasteiger partial charge < -0.3 is 15.0 Å². The third kappa shape index (κ3) is 4.64. The second kappa shape index (κ2) is 8.85. The summed E-state index contributed by atoms with van der Waals surface area (Å²) in [6, 6.07) is 8.44. The van der Waals surface area contributed by atoms with Gasteiger partial charge in [-0.05, 0) is 30.0 Å². The molecule has 3 rings (SSSR count). The fourth-order valence-electron chi connectivity index (χ4n) is 3.45. The molecule has 140 valence electrons. The van der Waals surface area contributed by atoms with Crippen molar-refractivity contribution in [2.75, 3.05) is 26.7 Å². The molecule has 1 fully saturated rings. The van der Waals surface area contributed by atoms with Gasteiger partial charge in [-0.2, -0.15) is 5.10 Å². The number of likely N-dealkylation sites (tertiary alicyclic amines) is 1. The molecule has 0 amide bonds.